The molecule has 1 aliphatic heterocycles. The Morgan fingerprint density at radius 3 is 2.80 bits per heavy atom. The first-order valence-electron chi connectivity index (χ1n) is 7.52. The molecule has 116 valence electrons. The van der Waals surface area contributed by atoms with Gasteiger partial charge in [-0.05, 0) is 33.2 Å². The molecule has 1 heterocycles. The average molecular weight is 284 g/mol. The standard InChI is InChI=1S/C14H28N4O2/c1-11(2)17-13(19)5-9-18-8-3-4-12(10-18)14(20)16-7-6-15/h11-12H,3-10,15H2,1-2H3,(H,16,20)(H,17,19). The zero-order valence-corrected chi connectivity index (χ0v) is 12.7. The predicted octanol–water partition coefficient (Wildman–Crippen LogP) is -0.312. The lowest BCUT2D eigenvalue weighted by atomic mass is 9.97. The molecule has 0 aromatic heterocycles. The minimum atomic E-state index is 0.0310. The maximum absolute atomic E-state index is 11.9. The van der Waals surface area contributed by atoms with E-state index in [4.69, 9.17) is 5.73 Å². The van der Waals surface area contributed by atoms with Gasteiger partial charge in [-0.1, -0.05) is 0 Å². The number of piperidine rings is 1. The van der Waals surface area contributed by atoms with Crippen molar-refractivity contribution in [2.75, 3.05) is 32.7 Å². The second-order valence-electron chi connectivity index (χ2n) is 5.69. The molecule has 6 heteroatoms. The quantitative estimate of drug-likeness (QED) is 0.598. The molecule has 1 saturated heterocycles. The first kappa shape index (κ1) is 16.9. The Labute approximate surface area is 121 Å². The second kappa shape index (κ2) is 8.92. The number of carbonyl (C=O) groups is 2. The van der Waals surface area contributed by atoms with E-state index in [1.165, 1.54) is 0 Å². The summed E-state index contributed by atoms with van der Waals surface area (Å²) in [5.41, 5.74) is 5.38. The lowest BCUT2D eigenvalue weighted by Gasteiger charge is -2.31. The average Bonchev–Trinajstić information content (AvgIpc) is 2.42. The van der Waals surface area contributed by atoms with Crippen molar-refractivity contribution in [2.45, 2.75) is 39.2 Å². The SMILES string of the molecule is CC(C)NC(=O)CCN1CCCC(C(=O)NCCN)C1. The zero-order chi connectivity index (χ0) is 15.0. The van der Waals surface area contributed by atoms with Crippen LogP contribution in [0.3, 0.4) is 0 Å². The zero-order valence-electron chi connectivity index (χ0n) is 12.7. The number of nitrogens with two attached hydrogens (primary N) is 1. The Bertz CT molecular complexity index is 320. The van der Waals surface area contributed by atoms with Crippen LogP contribution in [0.15, 0.2) is 0 Å². The van der Waals surface area contributed by atoms with Gasteiger partial charge in [0.25, 0.3) is 0 Å². The summed E-state index contributed by atoms with van der Waals surface area (Å²) in [5.74, 6) is 0.199. The number of nitrogens with one attached hydrogen (secondary N) is 2. The first-order chi connectivity index (χ1) is 9.52. The molecule has 0 saturated carbocycles. The summed E-state index contributed by atoms with van der Waals surface area (Å²) in [7, 11) is 0. The van der Waals surface area contributed by atoms with Crippen LogP contribution in [-0.4, -0.2) is 55.5 Å². The van der Waals surface area contributed by atoms with Gasteiger partial charge in [0.15, 0.2) is 0 Å². The van der Waals surface area contributed by atoms with Gasteiger partial charge in [-0.3, -0.25) is 9.59 Å². The van der Waals surface area contributed by atoms with E-state index in [-0.39, 0.29) is 23.8 Å². The van der Waals surface area contributed by atoms with Crippen LogP contribution in [0, 0.1) is 5.92 Å². The molecule has 2 amide bonds. The molecule has 1 fully saturated rings. The summed E-state index contributed by atoms with van der Waals surface area (Å²) >= 11 is 0. The molecule has 1 rings (SSSR count). The molecule has 0 radical (unpaired) electrons. The molecule has 0 aliphatic carbocycles. The third-order valence-electron chi connectivity index (χ3n) is 3.42. The van der Waals surface area contributed by atoms with Crippen LogP contribution in [-0.2, 0) is 9.59 Å². The van der Waals surface area contributed by atoms with Gasteiger partial charge < -0.3 is 21.3 Å². The van der Waals surface area contributed by atoms with E-state index in [2.05, 4.69) is 15.5 Å². The molecule has 0 aromatic carbocycles. The molecule has 4 N–H and O–H groups in total. The fourth-order valence-corrected chi connectivity index (χ4v) is 2.47. The minimum Gasteiger partial charge on any atom is -0.355 e. The van der Waals surface area contributed by atoms with Gasteiger partial charge in [0.05, 0.1) is 5.92 Å². The molecule has 20 heavy (non-hydrogen) atoms. The molecular formula is C14H28N4O2. The number of likely N-dealkylation sites (tertiary alicyclic amines) is 1. The molecule has 0 bridgehead atoms. The van der Waals surface area contributed by atoms with Crippen LogP contribution in [0.25, 0.3) is 0 Å². The van der Waals surface area contributed by atoms with Crippen molar-refractivity contribution in [1.82, 2.24) is 15.5 Å². The van der Waals surface area contributed by atoms with Crippen LogP contribution in [0.5, 0.6) is 0 Å². The highest BCUT2D eigenvalue weighted by Gasteiger charge is 2.25. The van der Waals surface area contributed by atoms with Crippen molar-refractivity contribution in [2.24, 2.45) is 11.7 Å². The van der Waals surface area contributed by atoms with E-state index in [9.17, 15) is 9.59 Å². The first-order valence-corrected chi connectivity index (χ1v) is 7.52. The molecule has 1 aliphatic rings. The number of amides is 2. The molecule has 1 atom stereocenters. The number of hydrogen-bond donors (Lipinski definition) is 3. The second-order valence-corrected chi connectivity index (χ2v) is 5.69. The third-order valence-corrected chi connectivity index (χ3v) is 3.42. The lowest BCUT2D eigenvalue weighted by molar-refractivity contribution is -0.126. The van der Waals surface area contributed by atoms with Gasteiger partial charge in [0, 0.05) is 38.6 Å². The Morgan fingerprint density at radius 1 is 1.40 bits per heavy atom. The molecule has 0 spiro atoms. The van der Waals surface area contributed by atoms with Crippen LogP contribution < -0.4 is 16.4 Å². The molecule has 0 aromatic rings. The Kier molecular flexibility index (Phi) is 7.54. The van der Waals surface area contributed by atoms with E-state index in [1.54, 1.807) is 0 Å². The number of nitrogens with zero attached hydrogens (tertiary/aromatic N) is 1. The summed E-state index contributed by atoms with van der Waals surface area (Å²) in [6.07, 6.45) is 2.42. The van der Waals surface area contributed by atoms with Gasteiger partial charge >= 0.3 is 0 Å². The highest BCUT2D eigenvalue weighted by Crippen LogP contribution is 2.16. The summed E-state index contributed by atoms with van der Waals surface area (Å²) in [6.45, 7) is 7.34. The molecule has 1 unspecified atom stereocenters. The van der Waals surface area contributed by atoms with E-state index >= 15 is 0 Å². The highest BCUT2D eigenvalue weighted by molar-refractivity contribution is 5.79. The van der Waals surface area contributed by atoms with E-state index < -0.39 is 0 Å². The van der Waals surface area contributed by atoms with Gasteiger partial charge in [-0.15, -0.1) is 0 Å². The van der Waals surface area contributed by atoms with Crippen molar-refractivity contribution in [3.8, 4) is 0 Å². The van der Waals surface area contributed by atoms with Crippen molar-refractivity contribution < 1.29 is 9.59 Å². The largest absolute Gasteiger partial charge is 0.355 e. The summed E-state index contributed by atoms with van der Waals surface area (Å²) < 4.78 is 0. The fourth-order valence-electron chi connectivity index (χ4n) is 2.47. The Hall–Kier alpha value is -1.14. The number of rotatable bonds is 7. The van der Waals surface area contributed by atoms with Crippen LogP contribution in [0.4, 0.5) is 0 Å². The van der Waals surface area contributed by atoms with Crippen molar-refractivity contribution in [3.05, 3.63) is 0 Å². The smallest absolute Gasteiger partial charge is 0.224 e. The van der Waals surface area contributed by atoms with Gasteiger partial charge in [0.2, 0.25) is 11.8 Å². The van der Waals surface area contributed by atoms with Crippen molar-refractivity contribution in [3.63, 3.8) is 0 Å². The van der Waals surface area contributed by atoms with Crippen molar-refractivity contribution >= 4 is 11.8 Å². The lowest BCUT2D eigenvalue weighted by Crippen LogP contribution is -2.45. The normalized spacial score (nSPS) is 19.9. The predicted molar refractivity (Wildman–Crippen MR) is 79.1 cm³/mol. The summed E-state index contributed by atoms with van der Waals surface area (Å²) in [5, 5.41) is 5.73. The molecular weight excluding hydrogens is 256 g/mol. The monoisotopic (exact) mass is 284 g/mol. The van der Waals surface area contributed by atoms with E-state index in [0.717, 1.165) is 32.5 Å². The van der Waals surface area contributed by atoms with E-state index in [0.29, 0.717) is 19.5 Å². The van der Waals surface area contributed by atoms with Crippen LogP contribution >= 0.6 is 0 Å². The molecule has 6 nitrogen and oxygen atoms in total. The van der Waals surface area contributed by atoms with E-state index in [1.807, 2.05) is 13.8 Å². The Morgan fingerprint density at radius 2 is 2.15 bits per heavy atom. The maximum Gasteiger partial charge on any atom is 0.224 e. The van der Waals surface area contributed by atoms with Gasteiger partial charge in [0.1, 0.15) is 0 Å². The summed E-state index contributed by atoms with van der Waals surface area (Å²) in [6, 6.07) is 0.179. The van der Waals surface area contributed by atoms with Gasteiger partial charge in [-0.2, -0.15) is 0 Å². The fraction of sp³-hybridized carbons (Fsp3) is 0.857. The topological polar surface area (TPSA) is 87.5 Å². The van der Waals surface area contributed by atoms with Gasteiger partial charge in [-0.25, -0.2) is 0 Å². The number of hydrogen-bond acceptors (Lipinski definition) is 4. The summed E-state index contributed by atoms with van der Waals surface area (Å²) in [4.78, 5) is 25.7. The Balaban J connectivity index is 2.30. The van der Waals surface area contributed by atoms with Crippen LogP contribution in [0.1, 0.15) is 33.1 Å². The maximum atomic E-state index is 11.9. The highest BCUT2D eigenvalue weighted by atomic mass is 16.2. The minimum absolute atomic E-state index is 0.0310. The number of carbonyl (C=O) groups excluding carboxylic acids is 2. The third kappa shape index (κ3) is 6.34. The van der Waals surface area contributed by atoms with Crippen molar-refractivity contribution in [1.29, 1.82) is 0 Å². The van der Waals surface area contributed by atoms with Crippen LogP contribution in [0.2, 0.25) is 0 Å².